The summed E-state index contributed by atoms with van der Waals surface area (Å²) in [6, 6.07) is 7.89. The molecule has 1 saturated carbocycles. The van der Waals surface area contributed by atoms with E-state index in [0.717, 1.165) is 48.5 Å². The average Bonchev–Trinajstić information content (AvgIpc) is 2.74. The zero-order valence-electron chi connectivity index (χ0n) is 16.7. The van der Waals surface area contributed by atoms with Crippen molar-refractivity contribution < 1.29 is 9.59 Å². The summed E-state index contributed by atoms with van der Waals surface area (Å²) in [6.07, 6.45) is 6.05. The van der Waals surface area contributed by atoms with Crippen LogP contribution in [0.5, 0.6) is 0 Å². The summed E-state index contributed by atoms with van der Waals surface area (Å²) in [4.78, 5) is 23.1. The minimum absolute atomic E-state index is 0.183. The van der Waals surface area contributed by atoms with Gasteiger partial charge in [-0.15, -0.1) is 0 Å². The van der Waals surface area contributed by atoms with E-state index >= 15 is 0 Å². The van der Waals surface area contributed by atoms with Gasteiger partial charge in [-0.1, -0.05) is 20.3 Å². The molecule has 2 heterocycles. The van der Waals surface area contributed by atoms with Crippen LogP contribution in [0.15, 0.2) is 24.3 Å². The first-order chi connectivity index (χ1) is 13.6. The smallest absolute Gasteiger partial charge is 0.138 e. The zero-order chi connectivity index (χ0) is 19.9. The first-order valence-corrected chi connectivity index (χ1v) is 10.3. The minimum atomic E-state index is 0.183. The summed E-state index contributed by atoms with van der Waals surface area (Å²) >= 11 is 0. The number of Topliss-reactive ketones (excluding diaryl/α,β-unsaturated/α-hetero) is 2. The summed E-state index contributed by atoms with van der Waals surface area (Å²) < 4.78 is 0. The lowest BCUT2D eigenvalue weighted by molar-refractivity contribution is -0.119. The van der Waals surface area contributed by atoms with Crippen LogP contribution in [0.1, 0.15) is 87.0 Å². The maximum atomic E-state index is 11.6. The Morgan fingerprint density at radius 3 is 1.61 bits per heavy atom. The number of nitrogens with zero attached hydrogens (tertiary/aromatic N) is 4. The Morgan fingerprint density at radius 1 is 0.786 bits per heavy atom. The van der Waals surface area contributed by atoms with Gasteiger partial charge in [0, 0.05) is 24.7 Å². The molecule has 0 bridgehead atoms. The Labute approximate surface area is 166 Å². The third kappa shape index (κ3) is 5.27. The molecule has 2 aromatic heterocycles. The Hall–Kier alpha value is -2.50. The van der Waals surface area contributed by atoms with Crippen LogP contribution in [-0.2, 0) is 22.4 Å². The molecule has 1 aliphatic carbocycles. The van der Waals surface area contributed by atoms with Gasteiger partial charge >= 0.3 is 0 Å². The van der Waals surface area contributed by atoms with E-state index in [-0.39, 0.29) is 11.6 Å². The van der Waals surface area contributed by atoms with E-state index in [9.17, 15) is 9.59 Å². The van der Waals surface area contributed by atoms with E-state index in [1.165, 1.54) is 0 Å². The highest BCUT2D eigenvalue weighted by Gasteiger charge is 2.26. The Morgan fingerprint density at radius 2 is 1.25 bits per heavy atom. The standard InChI is InChI=1S/C22H28N4O2/c1-3-19(27)13-17-8-10-21(25-23-17)15-6-5-7-16(12-15)22-11-9-18(24-26-22)14-20(28)4-2/h8-11,15-16H,3-7,12-14H2,1-2H3/t15-,16+. The third-order valence-electron chi connectivity index (χ3n) is 5.54. The van der Waals surface area contributed by atoms with Crippen LogP contribution in [0.4, 0.5) is 0 Å². The van der Waals surface area contributed by atoms with Crippen molar-refractivity contribution in [2.75, 3.05) is 0 Å². The van der Waals surface area contributed by atoms with E-state index in [1.54, 1.807) is 0 Å². The Bertz CT molecular complexity index is 735. The number of rotatable bonds is 8. The summed E-state index contributed by atoms with van der Waals surface area (Å²) in [5.41, 5.74) is 3.48. The minimum Gasteiger partial charge on any atom is -0.299 e. The average molecular weight is 380 g/mol. The van der Waals surface area contributed by atoms with E-state index in [2.05, 4.69) is 20.4 Å². The van der Waals surface area contributed by atoms with Gasteiger partial charge in [0.05, 0.1) is 35.6 Å². The molecular formula is C22H28N4O2. The summed E-state index contributed by atoms with van der Waals surface area (Å²) in [6.45, 7) is 3.73. The second-order valence-electron chi connectivity index (χ2n) is 7.60. The normalized spacial score (nSPS) is 19.4. The van der Waals surface area contributed by atoms with Gasteiger partial charge in [0.15, 0.2) is 0 Å². The molecule has 2 atom stereocenters. The van der Waals surface area contributed by atoms with Crippen LogP contribution in [0.2, 0.25) is 0 Å². The molecule has 1 fully saturated rings. The van der Waals surface area contributed by atoms with Gasteiger partial charge in [-0.3, -0.25) is 9.59 Å². The topological polar surface area (TPSA) is 85.7 Å². The first kappa shape index (κ1) is 20.2. The molecule has 0 amide bonds. The lowest BCUT2D eigenvalue weighted by Crippen LogP contribution is -2.16. The number of aromatic nitrogens is 4. The van der Waals surface area contributed by atoms with Crippen LogP contribution in [-0.4, -0.2) is 32.0 Å². The van der Waals surface area contributed by atoms with Gasteiger partial charge in [-0.05, 0) is 43.5 Å². The molecule has 148 valence electrons. The maximum absolute atomic E-state index is 11.6. The molecule has 0 saturated heterocycles. The van der Waals surface area contributed by atoms with Crippen molar-refractivity contribution in [1.82, 2.24) is 20.4 Å². The quantitative estimate of drug-likeness (QED) is 0.693. The van der Waals surface area contributed by atoms with Crippen LogP contribution >= 0.6 is 0 Å². The van der Waals surface area contributed by atoms with Gasteiger partial charge in [-0.25, -0.2) is 0 Å². The predicted octanol–water partition coefficient (Wildman–Crippen LogP) is 3.75. The van der Waals surface area contributed by atoms with Crippen LogP contribution < -0.4 is 0 Å². The molecule has 0 spiro atoms. The molecule has 0 aliphatic heterocycles. The molecule has 2 aromatic rings. The third-order valence-corrected chi connectivity index (χ3v) is 5.54. The molecule has 0 N–H and O–H groups in total. The summed E-state index contributed by atoms with van der Waals surface area (Å²) in [5.74, 6) is 1.07. The van der Waals surface area contributed by atoms with E-state index in [4.69, 9.17) is 0 Å². The lowest BCUT2D eigenvalue weighted by Gasteiger charge is -2.28. The van der Waals surface area contributed by atoms with Crippen molar-refractivity contribution in [3.63, 3.8) is 0 Å². The number of hydrogen-bond acceptors (Lipinski definition) is 6. The van der Waals surface area contributed by atoms with Gasteiger partial charge < -0.3 is 0 Å². The SMILES string of the molecule is CCC(=O)Cc1ccc([C@@H]2CCC[C@H](c3ccc(CC(=O)CC)nn3)C2)nn1. The van der Waals surface area contributed by atoms with Crippen molar-refractivity contribution in [3.05, 3.63) is 47.0 Å². The lowest BCUT2D eigenvalue weighted by atomic mass is 9.78. The maximum Gasteiger partial charge on any atom is 0.138 e. The van der Waals surface area contributed by atoms with Crippen LogP contribution in [0.3, 0.4) is 0 Å². The molecule has 3 rings (SSSR count). The highest BCUT2D eigenvalue weighted by Crippen LogP contribution is 2.39. The molecule has 0 radical (unpaired) electrons. The molecule has 6 heteroatoms. The second-order valence-corrected chi connectivity index (χ2v) is 7.60. The Kier molecular flexibility index (Phi) is 6.95. The fraction of sp³-hybridized carbons (Fsp3) is 0.545. The fourth-order valence-corrected chi connectivity index (χ4v) is 3.75. The number of carbonyl (C=O) groups excluding carboxylic acids is 2. The van der Waals surface area contributed by atoms with E-state index in [0.29, 0.717) is 37.5 Å². The summed E-state index contributed by atoms with van der Waals surface area (Å²) in [7, 11) is 0. The molecule has 0 aromatic carbocycles. The molecular weight excluding hydrogens is 352 g/mol. The van der Waals surface area contributed by atoms with E-state index in [1.807, 2.05) is 38.1 Å². The van der Waals surface area contributed by atoms with Crippen LogP contribution in [0.25, 0.3) is 0 Å². The van der Waals surface area contributed by atoms with Gasteiger partial charge in [0.2, 0.25) is 0 Å². The van der Waals surface area contributed by atoms with E-state index < -0.39 is 0 Å². The molecule has 28 heavy (non-hydrogen) atoms. The highest BCUT2D eigenvalue weighted by atomic mass is 16.1. The monoisotopic (exact) mass is 380 g/mol. The van der Waals surface area contributed by atoms with Crippen molar-refractivity contribution >= 4 is 11.6 Å². The number of ketones is 2. The zero-order valence-corrected chi connectivity index (χ0v) is 16.7. The van der Waals surface area contributed by atoms with Crippen molar-refractivity contribution in [3.8, 4) is 0 Å². The second kappa shape index (κ2) is 9.62. The van der Waals surface area contributed by atoms with Crippen LogP contribution in [0, 0.1) is 0 Å². The van der Waals surface area contributed by atoms with Gasteiger partial charge in [0.1, 0.15) is 11.6 Å². The highest BCUT2D eigenvalue weighted by molar-refractivity contribution is 5.80. The molecule has 0 unspecified atom stereocenters. The van der Waals surface area contributed by atoms with Crippen molar-refractivity contribution in [2.24, 2.45) is 0 Å². The number of carbonyl (C=O) groups is 2. The largest absolute Gasteiger partial charge is 0.299 e. The predicted molar refractivity (Wildman–Crippen MR) is 106 cm³/mol. The Balaban J connectivity index is 1.63. The number of hydrogen-bond donors (Lipinski definition) is 0. The molecule has 1 aliphatic rings. The van der Waals surface area contributed by atoms with Gasteiger partial charge in [0.25, 0.3) is 0 Å². The van der Waals surface area contributed by atoms with Gasteiger partial charge in [-0.2, -0.15) is 20.4 Å². The fourth-order valence-electron chi connectivity index (χ4n) is 3.75. The van der Waals surface area contributed by atoms with Crippen molar-refractivity contribution in [1.29, 1.82) is 0 Å². The molecule has 6 nitrogen and oxygen atoms in total. The summed E-state index contributed by atoms with van der Waals surface area (Å²) in [5, 5.41) is 17.3. The first-order valence-electron chi connectivity index (χ1n) is 10.3. The van der Waals surface area contributed by atoms with Crippen molar-refractivity contribution in [2.45, 2.75) is 77.0 Å².